The molecule has 0 spiro atoms. The molecule has 1 fully saturated rings. The SMILES string of the molecule is Nc1ccc(N2CCOCC2CO)c(Cl)c1. The molecule has 0 aromatic heterocycles. The molecule has 0 radical (unpaired) electrons. The Kier molecular flexibility index (Phi) is 3.53. The lowest BCUT2D eigenvalue weighted by atomic mass is 10.2. The number of benzene rings is 1. The monoisotopic (exact) mass is 242 g/mol. The number of rotatable bonds is 2. The van der Waals surface area contributed by atoms with Crippen LogP contribution in [0.5, 0.6) is 0 Å². The number of aliphatic hydroxyl groups excluding tert-OH is 1. The highest BCUT2D eigenvalue weighted by atomic mass is 35.5. The molecule has 1 saturated heterocycles. The molecule has 2 rings (SSSR count). The second-order valence-corrected chi connectivity index (χ2v) is 4.22. The standard InChI is InChI=1S/C11H15ClN2O2/c12-10-5-8(13)1-2-11(10)14-3-4-16-7-9(14)6-15/h1-2,5,9,15H,3-4,6-7,13H2. The van der Waals surface area contributed by atoms with Gasteiger partial charge in [0.25, 0.3) is 0 Å². The predicted molar refractivity (Wildman–Crippen MR) is 64.9 cm³/mol. The Bertz CT molecular complexity index is 373. The lowest BCUT2D eigenvalue weighted by Gasteiger charge is -2.36. The highest BCUT2D eigenvalue weighted by Crippen LogP contribution is 2.30. The molecular weight excluding hydrogens is 228 g/mol. The van der Waals surface area contributed by atoms with Crippen LogP contribution < -0.4 is 10.6 Å². The summed E-state index contributed by atoms with van der Waals surface area (Å²) >= 11 is 6.14. The number of aliphatic hydroxyl groups is 1. The van der Waals surface area contributed by atoms with Gasteiger partial charge in [0.1, 0.15) is 0 Å². The van der Waals surface area contributed by atoms with Crippen molar-refractivity contribution in [3.05, 3.63) is 23.2 Å². The molecule has 88 valence electrons. The van der Waals surface area contributed by atoms with Gasteiger partial charge in [0, 0.05) is 12.2 Å². The summed E-state index contributed by atoms with van der Waals surface area (Å²) in [6.07, 6.45) is 0. The third kappa shape index (κ3) is 2.24. The molecule has 0 amide bonds. The van der Waals surface area contributed by atoms with E-state index in [1.165, 1.54) is 0 Å². The molecule has 1 unspecified atom stereocenters. The number of nitrogens with two attached hydrogens (primary N) is 1. The third-order valence-electron chi connectivity index (χ3n) is 2.72. The first-order chi connectivity index (χ1) is 7.72. The van der Waals surface area contributed by atoms with Gasteiger partial charge in [-0.25, -0.2) is 0 Å². The minimum atomic E-state index is -0.0325. The Hall–Kier alpha value is -0.970. The number of hydrogen-bond donors (Lipinski definition) is 2. The fourth-order valence-corrected chi connectivity index (χ4v) is 2.18. The zero-order valence-corrected chi connectivity index (χ0v) is 9.65. The molecule has 0 aliphatic carbocycles. The van der Waals surface area contributed by atoms with Gasteiger partial charge in [-0.05, 0) is 18.2 Å². The molecule has 16 heavy (non-hydrogen) atoms. The highest BCUT2D eigenvalue weighted by Gasteiger charge is 2.23. The summed E-state index contributed by atoms with van der Waals surface area (Å²) in [5.74, 6) is 0. The molecule has 5 heteroatoms. The summed E-state index contributed by atoms with van der Waals surface area (Å²) in [4.78, 5) is 2.06. The van der Waals surface area contributed by atoms with E-state index in [9.17, 15) is 5.11 Å². The van der Waals surface area contributed by atoms with Crippen LogP contribution in [0.3, 0.4) is 0 Å². The van der Waals surface area contributed by atoms with Gasteiger partial charge < -0.3 is 20.5 Å². The number of hydrogen-bond acceptors (Lipinski definition) is 4. The molecule has 1 aromatic carbocycles. The van der Waals surface area contributed by atoms with E-state index in [1.54, 1.807) is 6.07 Å². The Labute approximate surface area is 99.6 Å². The number of anilines is 2. The van der Waals surface area contributed by atoms with E-state index in [0.29, 0.717) is 23.9 Å². The van der Waals surface area contributed by atoms with Crippen molar-refractivity contribution in [2.75, 3.05) is 37.0 Å². The summed E-state index contributed by atoms with van der Waals surface area (Å²) < 4.78 is 5.32. The van der Waals surface area contributed by atoms with Crippen molar-refractivity contribution in [2.24, 2.45) is 0 Å². The van der Waals surface area contributed by atoms with Crippen molar-refractivity contribution < 1.29 is 9.84 Å². The van der Waals surface area contributed by atoms with Crippen molar-refractivity contribution >= 4 is 23.0 Å². The fourth-order valence-electron chi connectivity index (χ4n) is 1.88. The number of halogens is 1. The van der Waals surface area contributed by atoms with E-state index in [-0.39, 0.29) is 12.6 Å². The highest BCUT2D eigenvalue weighted by molar-refractivity contribution is 6.33. The Balaban J connectivity index is 2.27. The second kappa shape index (κ2) is 4.91. The number of nitrogen functional groups attached to an aromatic ring is 1. The smallest absolute Gasteiger partial charge is 0.0756 e. The summed E-state index contributed by atoms with van der Waals surface area (Å²) in [6, 6.07) is 5.38. The predicted octanol–water partition coefficient (Wildman–Crippen LogP) is 1.12. The molecule has 1 heterocycles. The zero-order chi connectivity index (χ0) is 11.5. The minimum Gasteiger partial charge on any atom is -0.399 e. The zero-order valence-electron chi connectivity index (χ0n) is 8.90. The van der Waals surface area contributed by atoms with Gasteiger partial charge in [-0.15, -0.1) is 0 Å². The Morgan fingerprint density at radius 3 is 3.06 bits per heavy atom. The Morgan fingerprint density at radius 2 is 2.38 bits per heavy atom. The maximum absolute atomic E-state index is 9.28. The first-order valence-corrected chi connectivity index (χ1v) is 5.60. The van der Waals surface area contributed by atoms with E-state index >= 15 is 0 Å². The van der Waals surface area contributed by atoms with Crippen LogP contribution in [0.4, 0.5) is 11.4 Å². The van der Waals surface area contributed by atoms with Crippen LogP contribution in [0.25, 0.3) is 0 Å². The second-order valence-electron chi connectivity index (χ2n) is 3.82. The normalized spacial score (nSPS) is 21.1. The molecule has 1 aliphatic heterocycles. The van der Waals surface area contributed by atoms with Crippen molar-refractivity contribution in [3.8, 4) is 0 Å². The van der Waals surface area contributed by atoms with Crippen LogP contribution in [0.1, 0.15) is 0 Å². The fraction of sp³-hybridized carbons (Fsp3) is 0.455. The van der Waals surface area contributed by atoms with Crippen LogP contribution in [-0.2, 0) is 4.74 Å². The summed E-state index contributed by atoms with van der Waals surface area (Å²) in [7, 11) is 0. The van der Waals surface area contributed by atoms with Crippen molar-refractivity contribution in [2.45, 2.75) is 6.04 Å². The number of ether oxygens (including phenoxy) is 1. The van der Waals surface area contributed by atoms with E-state index in [2.05, 4.69) is 4.90 Å². The number of nitrogens with zero attached hydrogens (tertiary/aromatic N) is 1. The van der Waals surface area contributed by atoms with Gasteiger partial charge in [0.2, 0.25) is 0 Å². The van der Waals surface area contributed by atoms with Crippen LogP contribution in [0, 0.1) is 0 Å². The molecule has 1 atom stereocenters. The first-order valence-electron chi connectivity index (χ1n) is 5.22. The summed E-state index contributed by atoms with van der Waals surface area (Å²) in [5.41, 5.74) is 7.19. The molecule has 0 saturated carbocycles. The van der Waals surface area contributed by atoms with Gasteiger partial charge in [0.15, 0.2) is 0 Å². The third-order valence-corrected chi connectivity index (χ3v) is 3.02. The van der Waals surface area contributed by atoms with Gasteiger partial charge >= 0.3 is 0 Å². The lowest BCUT2D eigenvalue weighted by molar-refractivity contribution is 0.0727. The minimum absolute atomic E-state index is 0.0325. The molecule has 3 N–H and O–H groups in total. The van der Waals surface area contributed by atoms with Crippen LogP contribution in [0.2, 0.25) is 5.02 Å². The quantitative estimate of drug-likeness (QED) is 0.763. The van der Waals surface area contributed by atoms with E-state index in [4.69, 9.17) is 22.1 Å². The molecule has 0 bridgehead atoms. The maximum Gasteiger partial charge on any atom is 0.0756 e. The Morgan fingerprint density at radius 1 is 1.56 bits per heavy atom. The first kappa shape index (κ1) is 11.5. The lowest BCUT2D eigenvalue weighted by Crippen LogP contribution is -2.47. The van der Waals surface area contributed by atoms with E-state index < -0.39 is 0 Å². The van der Waals surface area contributed by atoms with Gasteiger partial charge in [-0.1, -0.05) is 11.6 Å². The average molecular weight is 243 g/mol. The summed E-state index contributed by atoms with van der Waals surface area (Å²) in [6.45, 7) is 1.96. The summed E-state index contributed by atoms with van der Waals surface area (Å²) in [5, 5.41) is 9.89. The van der Waals surface area contributed by atoms with E-state index in [0.717, 1.165) is 12.2 Å². The molecule has 4 nitrogen and oxygen atoms in total. The molecular formula is C11H15ClN2O2. The largest absolute Gasteiger partial charge is 0.399 e. The molecule has 1 aromatic rings. The van der Waals surface area contributed by atoms with Crippen molar-refractivity contribution in [1.29, 1.82) is 0 Å². The van der Waals surface area contributed by atoms with Gasteiger partial charge in [-0.2, -0.15) is 0 Å². The van der Waals surface area contributed by atoms with Crippen LogP contribution in [0.15, 0.2) is 18.2 Å². The van der Waals surface area contributed by atoms with Crippen molar-refractivity contribution in [3.63, 3.8) is 0 Å². The van der Waals surface area contributed by atoms with Crippen LogP contribution in [-0.4, -0.2) is 37.5 Å². The van der Waals surface area contributed by atoms with Crippen LogP contribution >= 0.6 is 11.6 Å². The number of morpholine rings is 1. The molecule has 1 aliphatic rings. The van der Waals surface area contributed by atoms with Crippen molar-refractivity contribution in [1.82, 2.24) is 0 Å². The topological polar surface area (TPSA) is 58.7 Å². The maximum atomic E-state index is 9.28. The van der Waals surface area contributed by atoms with Gasteiger partial charge in [0.05, 0.1) is 36.6 Å². The van der Waals surface area contributed by atoms with Gasteiger partial charge in [-0.3, -0.25) is 0 Å². The average Bonchev–Trinajstić information content (AvgIpc) is 2.29. The van der Waals surface area contributed by atoms with E-state index in [1.807, 2.05) is 12.1 Å².